The molecule has 2 N–H and O–H groups in total. The minimum atomic E-state index is -1.03. The van der Waals surface area contributed by atoms with Crippen LogP contribution in [-0.4, -0.2) is 33.2 Å². The zero-order valence-corrected chi connectivity index (χ0v) is 8.95. The van der Waals surface area contributed by atoms with Crippen LogP contribution in [0.4, 0.5) is 5.69 Å². The number of carbonyl (C=O) groups excluding carboxylic acids is 2. The van der Waals surface area contributed by atoms with Crippen LogP contribution in [0.5, 0.6) is 0 Å². The Morgan fingerprint density at radius 1 is 1.65 bits per heavy atom. The molecule has 1 aromatic rings. The fourth-order valence-corrected chi connectivity index (χ4v) is 1.14. The maximum absolute atomic E-state index is 11.1. The number of nitrogens with zero attached hydrogens (tertiary/aromatic N) is 3. The standard InChI is InChI=1S/C8H10N4O5/c1-2-17-6(13)4-11-3-5(12(15)16)7(10-11)8(9)14/h3H,2,4H2,1H3,(H2,9,14). The lowest BCUT2D eigenvalue weighted by Crippen LogP contribution is -2.16. The van der Waals surface area contributed by atoms with Crippen LogP contribution in [0.2, 0.25) is 0 Å². The minimum absolute atomic E-state index is 0.185. The molecule has 1 rings (SSSR count). The molecule has 1 amide bonds. The van der Waals surface area contributed by atoms with Crippen molar-refractivity contribution in [1.29, 1.82) is 0 Å². The number of carbonyl (C=O) groups is 2. The molecule has 0 fully saturated rings. The molecule has 0 aliphatic heterocycles. The third-order valence-corrected chi connectivity index (χ3v) is 1.77. The lowest BCUT2D eigenvalue weighted by atomic mass is 10.4. The van der Waals surface area contributed by atoms with E-state index < -0.39 is 28.2 Å². The fraction of sp³-hybridized carbons (Fsp3) is 0.375. The summed E-state index contributed by atoms with van der Waals surface area (Å²) in [5.74, 6) is -1.64. The second-order valence-electron chi connectivity index (χ2n) is 2.99. The molecule has 92 valence electrons. The molecule has 0 saturated carbocycles. The number of hydrogen-bond donors (Lipinski definition) is 1. The van der Waals surface area contributed by atoms with E-state index in [0.29, 0.717) is 0 Å². The summed E-state index contributed by atoms with van der Waals surface area (Å²) in [4.78, 5) is 31.8. The zero-order valence-electron chi connectivity index (χ0n) is 8.95. The van der Waals surface area contributed by atoms with Gasteiger partial charge in [0.15, 0.2) is 0 Å². The number of hydrogen-bond acceptors (Lipinski definition) is 6. The molecular formula is C8H10N4O5. The third-order valence-electron chi connectivity index (χ3n) is 1.77. The van der Waals surface area contributed by atoms with Gasteiger partial charge in [-0.1, -0.05) is 0 Å². The summed E-state index contributed by atoms with van der Waals surface area (Å²) in [7, 11) is 0. The molecule has 17 heavy (non-hydrogen) atoms. The van der Waals surface area contributed by atoms with Gasteiger partial charge in [-0.25, -0.2) is 0 Å². The second kappa shape index (κ2) is 5.05. The Balaban J connectivity index is 2.96. The molecule has 0 bridgehead atoms. The van der Waals surface area contributed by atoms with Crippen molar-refractivity contribution in [3.63, 3.8) is 0 Å². The number of esters is 1. The summed E-state index contributed by atoms with van der Waals surface area (Å²) in [5.41, 5.74) is 3.89. The monoisotopic (exact) mass is 242 g/mol. The number of ether oxygens (including phenoxy) is 1. The minimum Gasteiger partial charge on any atom is -0.465 e. The van der Waals surface area contributed by atoms with Crippen molar-refractivity contribution >= 4 is 17.6 Å². The van der Waals surface area contributed by atoms with E-state index >= 15 is 0 Å². The van der Waals surface area contributed by atoms with Crippen LogP contribution in [0.3, 0.4) is 0 Å². The van der Waals surface area contributed by atoms with Crippen molar-refractivity contribution in [2.24, 2.45) is 5.73 Å². The van der Waals surface area contributed by atoms with Gasteiger partial charge < -0.3 is 10.5 Å². The molecule has 0 aliphatic rings. The summed E-state index contributed by atoms with van der Waals surface area (Å²) in [6.45, 7) is 1.49. The van der Waals surface area contributed by atoms with Crippen LogP contribution < -0.4 is 5.73 Å². The Morgan fingerprint density at radius 3 is 2.71 bits per heavy atom. The Morgan fingerprint density at radius 2 is 2.29 bits per heavy atom. The van der Waals surface area contributed by atoms with Crippen LogP contribution in [0.25, 0.3) is 0 Å². The number of aromatic nitrogens is 2. The quantitative estimate of drug-likeness (QED) is 0.419. The Hall–Kier alpha value is -2.45. The van der Waals surface area contributed by atoms with Crippen molar-refractivity contribution < 1.29 is 19.2 Å². The van der Waals surface area contributed by atoms with E-state index in [2.05, 4.69) is 9.84 Å². The van der Waals surface area contributed by atoms with Gasteiger partial charge in [0, 0.05) is 0 Å². The van der Waals surface area contributed by atoms with Gasteiger partial charge in [-0.3, -0.25) is 24.4 Å². The molecule has 0 radical (unpaired) electrons. The first-order valence-corrected chi connectivity index (χ1v) is 4.63. The summed E-state index contributed by atoms with van der Waals surface area (Å²) in [6.07, 6.45) is 0.955. The van der Waals surface area contributed by atoms with Gasteiger partial charge in [-0.2, -0.15) is 5.10 Å². The molecule has 0 atom stereocenters. The smallest absolute Gasteiger partial charge is 0.327 e. The molecule has 1 aromatic heterocycles. The van der Waals surface area contributed by atoms with Crippen molar-refractivity contribution in [2.45, 2.75) is 13.5 Å². The van der Waals surface area contributed by atoms with Gasteiger partial charge in [0.2, 0.25) is 5.69 Å². The van der Waals surface area contributed by atoms with E-state index in [1.54, 1.807) is 6.92 Å². The van der Waals surface area contributed by atoms with Gasteiger partial charge >= 0.3 is 11.7 Å². The number of nitro groups is 1. The van der Waals surface area contributed by atoms with Gasteiger partial charge in [0.25, 0.3) is 5.91 Å². The number of amides is 1. The summed E-state index contributed by atoms with van der Waals surface area (Å²) < 4.78 is 5.57. The van der Waals surface area contributed by atoms with Crippen LogP contribution in [0.15, 0.2) is 6.20 Å². The van der Waals surface area contributed by atoms with Crippen molar-refractivity contribution in [1.82, 2.24) is 9.78 Å². The second-order valence-corrected chi connectivity index (χ2v) is 2.99. The highest BCUT2D eigenvalue weighted by molar-refractivity contribution is 5.94. The SMILES string of the molecule is CCOC(=O)Cn1cc([N+](=O)[O-])c(C(N)=O)n1. The fourth-order valence-electron chi connectivity index (χ4n) is 1.14. The Bertz CT molecular complexity index is 435. The molecule has 0 spiro atoms. The lowest BCUT2D eigenvalue weighted by Gasteiger charge is -2.00. The highest BCUT2D eigenvalue weighted by Gasteiger charge is 2.24. The summed E-state index contributed by atoms with van der Waals surface area (Å²) in [5, 5.41) is 14.1. The number of nitrogens with two attached hydrogens (primary N) is 1. The maximum atomic E-state index is 11.1. The molecule has 0 aliphatic carbocycles. The summed E-state index contributed by atoms with van der Waals surface area (Å²) in [6, 6.07) is 0. The predicted molar refractivity (Wildman–Crippen MR) is 54.0 cm³/mol. The normalized spacial score (nSPS) is 9.94. The van der Waals surface area contributed by atoms with Crippen molar-refractivity contribution in [2.75, 3.05) is 6.61 Å². The highest BCUT2D eigenvalue weighted by atomic mass is 16.6. The molecule has 0 aromatic carbocycles. The topological polar surface area (TPSA) is 130 Å². The van der Waals surface area contributed by atoms with Crippen LogP contribution in [-0.2, 0) is 16.1 Å². The molecule has 0 unspecified atom stereocenters. The van der Waals surface area contributed by atoms with E-state index in [4.69, 9.17) is 5.73 Å². The zero-order chi connectivity index (χ0) is 13.0. The first kappa shape index (κ1) is 12.6. The molecule has 9 nitrogen and oxygen atoms in total. The van der Waals surface area contributed by atoms with Gasteiger partial charge in [0.1, 0.15) is 12.7 Å². The van der Waals surface area contributed by atoms with Gasteiger partial charge in [-0.05, 0) is 6.92 Å². The maximum Gasteiger partial charge on any atom is 0.327 e. The van der Waals surface area contributed by atoms with E-state index in [-0.39, 0.29) is 13.2 Å². The lowest BCUT2D eigenvalue weighted by molar-refractivity contribution is -0.385. The number of rotatable bonds is 5. The van der Waals surface area contributed by atoms with Crippen molar-refractivity contribution in [3.8, 4) is 0 Å². The average molecular weight is 242 g/mol. The van der Waals surface area contributed by atoms with E-state index in [9.17, 15) is 19.7 Å². The largest absolute Gasteiger partial charge is 0.465 e. The molecule has 1 heterocycles. The molecular weight excluding hydrogens is 232 g/mol. The molecule has 0 saturated heterocycles. The Labute approximate surface area is 95.3 Å². The van der Waals surface area contributed by atoms with E-state index in [1.165, 1.54) is 0 Å². The average Bonchev–Trinajstić information content (AvgIpc) is 2.62. The Kier molecular flexibility index (Phi) is 3.75. The summed E-state index contributed by atoms with van der Waals surface area (Å²) >= 11 is 0. The van der Waals surface area contributed by atoms with Crippen LogP contribution in [0, 0.1) is 10.1 Å². The van der Waals surface area contributed by atoms with Crippen LogP contribution in [0.1, 0.15) is 17.4 Å². The van der Waals surface area contributed by atoms with E-state index in [0.717, 1.165) is 10.9 Å². The molecule has 9 heteroatoms. The predicted octanol–water partition coefficient (Wildman–Crippen LogP) is -0.547. The van der Waals surface area contributed by atoms with Crippen LogP contribution >= 0.6 is 0 Å². The van der Waals surface area contributed by atoms with Gasteiger partial charge in [-0.15, -0.1) is 0 Å². The highest BCUT2D eigenvalue weighted by Crippen LogP contribution is 2.15. The third kappa shape index (κ3) is 3.00. The first-order chi connectivity index (χ1) is 7.95. The van der Waals surface area contributed by atoms with Crippen molar-refractivity contribution in [3.05, 3.63) is 22.0 Å². The first-order valence-electron chi connectivity index (χ1n) is 4.63. The number of primary amides is 1. The van der Waals surface area contributed by atoms with E-state index in [1.807, 2.05) is 0 Å². The van der Waals surface area contributed by atoms with Gasteiger partial charge in [0.05, 0.1) is 11.5 Å².